The molecule has 5 aromatic rings. The second-order valence-corrected chi connectivity index (χ2v) is 10.4. The number of nitrogen functional groups attached to an aromatic ring is 1. The Balaban J connectivity index is 1.72. The van der Waals surface area contributed by atoms with Gasteiger partial charge < -0.3 is 20.1 Å². The van der Waals surface area contributed by atoms with Crippen LogP contribution in [0.1, 0.15) is 43.2 Å². The number of thiophene rings is 2. The van der Waals surface area contributed by atoms with Crippen molar-refractivity contribution < 1.29 is 28.6 Å². The van der Waals surface area contributed by atoms with Crippen molar-refractivity contribution in [3.05, 3.63) is 63.1 Å². The van der Waals surface area contributed by atoms with Crippen molar-refractivity contribution in [3.63, 3.8) is 0 Å². The molecule has 182 valence electrons. The Morgan fingerprint density at radius 3 is 2.44 bits per heavy atom. The van der Waals surface area contributed by atoms with Gasteiger partial charge in [-0.3, -0.25) is 9.59 Å². The number of carbonyl (C=O) groups is 2. The lowest BCUT2D eigenvalue weighted by Crippen LogP contribution is -2.39. The van der Waals surface area contributed by atoms with E-state index in [1.807, 2.05) is 19.1 Å². The van der Waals surface area contributed by atoms with Gasteiger partial charge in [-0.1, -0.05) is 0 Å². The van der Waals surface area contributed by atoms with Gasteiger partial charge in [0.2, 0.25) is 5.69 Å². The van der Waals surface area contributed by atoms with E-state index >= 15 is 0 Å². The average Bonchev–Trinajstić information content (AvgIpc) is 3.54. The Bertz CT molecular complexity index is 1660. The third-order valence-corrected chi connectivity index (χ3v) is 7.86. The Kier molecular flexibility index (Phi) is 5.81. The summed E-state index contributed by atoms with van der Waals surface area (Å²) in [5.74, 6) is -1.09. The molecule has 0 aliphatic heterocycles. The predicted octanol–water partition coefficient (Wildman–Crippen LogP) is 4.00. The molecule has 4 aromatic heterocycles. The van der Waals surface area contributed by atoms with Gasteiger partial charge in [0.05, 0.1) is 23.8 Å². The van der Waals surface area contributed by atoms with E-state index in [0.29, 0.717) is 38.5 Å². The highest BCUT2D eigenvalue weighted by Gasteiger charge is 2.33. The zero-order valence-electron chi connectivity index (χ0n) is 19.7. The van der Waals surface area contributed by atoms with Crippen molar-refractivity contribution in [3.8, 4) is 27.8 Å². The van der Waals surface area contributed by atoms with Crippen molar-refractivity contribution >= 4 is 50.1 Å². The van der Waals surface area contributed by atoms with Crippen molar-refractivity contribution in [1.29, 1.82) is 0 Å². The van der Waals surface area contributed by atoms with Crippen molar-refractivity contribution in [1.82, 2.24) is 10.3 Å². The fourth-order valence-corrected chi connectivity index (χ4v) is 6.14. The number of carbonyl (C=O) groups excluding carboxylic acids is 2. The van der Waals surface area contributed by atoms with E-state index in [4.69, 9.17) is 15.0 Å². The molecule has 0 amide bonds. The highest BCUT2D eigenvalue weighted by atomic mass is 32.1. The molecule has 0 atom stereocenters. The zero-order chi connectivity index (χ0) is 25.7. The largest absolute Gasteiger partial charge is 0.539 e. The molecule has 5 rings (SSSR count). The fourth-order valence-electron chi connectivity index (χ4n) is 4.13. The van der Waals surface area contributed by atoms with Crippen LogP contribution in [0.5, 0.6) is 11.7 Å². The van der Waals surface area contributed by atoms with Gasteiger partial charge in [-0.15, -0.1) is 22.7 Å². The molecule has 1 aromatic carbocycles. The molecular weight excluding hydrogens is 500 g/mol. The van der Waals surface area contributed by atoms with E-state index < -0.39 is 11.7 Å². The smallest absolute Gasteiger partial charge is 0.312 e. The van der Waals surface area contributed by atoms with Crippen LogP contribution in [-0.4, -0.2) is 28.9 Å². The van der Waals surface area contributed by atoms with E-state index in [1.165, 1.54) is 25.4 Å². The van der Waals surface area contributed by atoms with Gasteiger partial charge in [0, 0.05) is 38.4 Å². The van der Waals surface area contributed by atoms with Gasteiger partial charge in [0.15, 0.2) is 11.7 Å². The van der Waals surface area contributed by atoms with Crippen LogP contribution >= 0.6 is 22.7 Å². The number of hydrogen-bond acceptors (Lipinski definition) is 10. The number of hydrogen-bond donors (Lipinski definition) is 1. The second-order valence-electron chi connectivity index (χ2n) is 8.09. The topological polar surface area (TPSA) is 135 Å². The van der Waals surface area contributed by atoms with Crippen LogP contribution in [0, 0.1) is 13.8 Å². The summed E-state index contributed by atoms with van der Waals surface area (Å²) >= 11 is 2.59. The Morgan fingerprint density at radius 1 is 1.11 bits per heavy atom. The Morgan fingerprint density at radius 2 is 1.83 bits per heavy atom. The average molecular weight is 521 g/mol. The van der Waals surface area contributed by atoms with Crippen LogP contribution in [0.4, 0.5) is 5.69 Å². The van der Waals surface area contributed by atoms with Gasteiger partial charge in [-0.05, 0) is 49.7 Å². The molecule has 0 radical (unpaired) electrons. The summed E-state index contributed by atoms with van der Waals surface area (Å²) in [6, 6.07) is 10.5. The minimum atomic E-state index is -0.893. The van der Waals surface area contributed by atoms with Gasteiger partial charge in [0.25, 0.3) is 5.78 Å². The molecule has 11 heteroatoms. The number of aromatic nitrogens is 3. The number of nitrogens with zero attached hydrogens (tertiary/aromatic N) is 3. The van der Waals surface area contributed by atoms with E-state index in [-0.39, 0.29) is 22.0 Å². The summed E-state index contributed by atoms with van der Waals surface area (Å²) in [4.78, 5) is 33.4. The standard InChI is InChI=1S/C25H20N4O5S2/c1-11-5-10-16(35-11)18-17(13(3)30)12(2)27-24-19(18)20(26)23(36-24)22(31)21-25(32)34-28-29(21)14-6-8-15(33-4)9-7-14/h5-10H,1-4H3,(H2-,26,28,31,32). The lowest BCUT2D eigenvalue weighted by molar-refractivity contribution is -0.672. The van der Waals surface area contributed by atoms with Crippen LogP contribution in [0.3, 0.4) is 0 Å². The predicted molar refractivity (Wildman–Crippen MR) is 134 cm³/mol. The molecule has 4 heterocycles. The normalized spacial score (nSPS) is 11.2. The van der Waals surface area contributed by atoms with Crippen LogP contribution < -0.4 is 20.3 Å². The van der Waals surface area contributed by atoms with Crippen LogP contribution in [0.2, 0.25) is 0 Å². The summed E-state index contributed by atoms with van der Waals surface area (Å²) in [5, 5.41) is 16.9. The van der Waals surface area contributed by atoms with Gasteiger partial charge in [0.1, 0.15) is 15.5 Å². The lowest BCUT2D eigenvalue weighted by atomic mass is 9.98. The van der Waals surface area contributed by atoms with Crippen molar-refractivity contribution in [2.24, 2.45) is 0 Å². The number of rotatable bonds is 6. The third-order valence-electron chi connectivity index (χ3n) is 5.75. The lowest BCUT2D eigenvalue weighted by Gasteiger charge is -2.11. The molecular formula is C25H20N4O5S2. The van der Waals surface area contributed by atoms with Gasteiger partial charge >= 0.3 is 5.69 Å². The molecule has 0 bridgehead atoms. The molecule has 0 saturated heterocycles. The fraction of sp³-hybridized carbons (Fsp3) is 0.160. The molecule has 0 aliphatic rings. The highest BCUT2D eigenvalue weighted by molar-refractivity contribution is 7.21. The first kappa shape index (κ1) is 23.6. The molecule has 9 nitrogen and oxygen atoms in total. The van der Waals surface area contributed by atoms with E-state index in [0.717, 1.165) is 25.8 Å². The van der Waals surface area contributed by atoms with Gasteiger partial charge in [-0.25, -0.2) is 4.98 Å². The number of fused-ring (bicyclic) bond motifs is 1. The summed E-state index contributed by atoms with van der Waals surface area (Å²) < 4.78 is 11.1. The monoisotopic (exact) mass is 520 g/mol. The van der Waals surface area contributed by atoms with Crippen molar-refractivity contribution in [2.75, 3.05) is 12.8 Å². The van der Waals surface area contributed by atoms with Crippen molar-refractivity contribution in [2.45, 2.75) is 20.8 Å². The van der Waals surface area contributed by atoms with Gasteiger partial charge in [-0.2, -0.15) is 0 Å². The van der Waals surface area contributed by atoms with E-state index in [1.54, 1.807) is 31.2 Å². The quantitative estimate of drug-likeness (QED) is 0.262. The molecule has 2 N–H and O–H groups in total. The van der Waals surface area contributed by atoms with Crippen LogP contribution in [0.15, 0.2) is 40.9 Å². The highest BCUT2D eigenvalue weighted by Crippen LogP contribution is 2.44. The number of ether oxygens (including phenoxy) is 1. The number of aryl methyl sites for hydroxylation is 2. The third kappa shape index (κ3) is 3.73. The first-order valence-electron chi connectivity index (χ1n) is 10.8. The summed E-state index contributed by atoms with van der Waals surface area (Å²) in [5.41, 5.74) is 8.48. The van der Waals surface area contributed by atoms with Crippen LogP contribution in [0.25, 0.3) is 26.3 Å². The molecule has 36 heavy (non-hydrogen) atoms. The van der Waals surface area contributed by atoms with Crippen LogP contribution in [-0.2, 0) is 0 Å². The van der Waals surface area contributed by atoms with E-state index in [2.05, 4.69) is 10.3 Å². The minimum absolute atomic E-state index is 0.120. The summed E-state index contributed by atoms with van der Waals surface area (Å²) in [6.07, 6.45) is 0. The first-order valence-corrected chi connectivity index (χ1v) is 12.4. The SMILES string of the molecule is COc1ccc(-[n+]2noc([O-])c2C(=O)c2sc3nc(C)c(C(C)=O)c(-c4ccc(C)s4)c3c2N)cc1. The van der Waals surface area contributed by atoms with E-state index in [9.17, 15) is 14.7 Å². The number of nitrogens with two attached hydrogens (primary N) is 1. The number of methoxy groups -OCH3 is 1. The maximum absolute atomic E-state index is 13.7. The molecule has 0 aliphatic carbocycles. The number of pyridine rings is 1. The summed E-state index contributed by atoms with van der Waals surface area (Å²) in [6.45, 7) is 5.20. The Labute approximate surface area is 213 Å². The molecule has 0 spiro atoms. The summed E-state index contributed by atoms with van der Waals surface area (Å²) in [7, 11) is 1.53. The molecule has 0 fully saturated rings. The minimum Gasteiger partial charge on any atom is -0.539 e. The number of ketones is 2. The maximum atomic E-state index is 13.7. The Hall–Kier alpha value is -4.09. The number of anilines is 1. The number of Topliss-reactive ketones (excluding diaryl/α,β-unsaturated/α-hetero) is 1. The maximum Gasteiger partial charge on any atom is 0.312 e. The second kappa shape index (κ2) is 8.85. The first-order chi connectivity index (χ1) is 17.2. The molecule has 0 unspecified atom stereocenters. The number of benzene rings is 1. The molecule has 0 saturated carbocycles. The zero-order valence-corrected chi connectivity index (χ0v) is 21.4.